The number of nitrogens with one attached hydrogen (secondary N) is 2. The molecule has 1 atom stereocenters. The zero-order valence-electron chi connectivity index (χ0n) is 18.3. The molecule has 0 bridgehead atoms. The van der Waals surface area contributed by atoms with E-state index in [1.165, 1.54) is 0 Å². The van der Waals surface area contributed by atoms with Crippen molar-refractivity contribution in [1.82, 2.24) is 20.4 Å². The molecule has 34 heavy (non-hydrogen) atoms. The highest BCUT2D eigenvalue weighted by atomic mass is 79.9. The predicted molar refractivity (Wildman–Crippen MR) is 127 cm³/mol. The number of carboxylic acid groups (broad SMARTS) is 1. The normalized spacial score (nSPS) is 13.0. The minimum absolute atomic E-state index is 0.0594. The Labute approximate surface area is 204 Å². The Kier molecular flexibility index (Phi) is 6.97. The van der Waals surface area contributed by atoms with Crippen LogP contribution in [0.2, 0.25) is 0 Å². The molecular weight excluding hydrogens is 504 g/mol. The Balaban J connectivity index is 1.39. The molecule has 10 heteroatoms. The molecule has 3 aromatic rings. The predicted octanol–water partition coefficient (Wildman–Crippen LogP) is 3.18. The number of ether oxygens (including phenoxy) is 1. The molecule has 0 saturated heterocycles. The lowest BCUT2D eigenvalue weighted by Gasteiger charge is -2.18. The van der Waals surface area contributed by atoms with Crippen LogP contribution in [-0.2, 0) is 27.9 Å². The van der Waals surface area contributed by atoms with E-state index in [0.29, 0.717) is 10.2 Å². The second-order valence-electron chi connectivity index (χ2n) is 7.96. The number of hydrogen-bond acceptors (Lipinski definition) is 5. The molecule has 4 rings (SSSR count). The van der Waals surface area contributed by atoms with Crippen LogP contribution in [0.3, 0.4) is 0 Å². The second-order valence-corrected chi connectivity index (χ2v) is 8.71. The largest absolute Gasteiger partial charge is 0.481 e. The molecule has 0 aliphatic heterocycles. The van der Waals surface area contributed by atoms with Gasteiger partial charge in [-0.2, -0.15) is 5.10 Å². The quantitative estimate of drug-likeness (QED) is 0.414. The minimum atomic E-state index is -1.29. The van der Waals surface area contributed by atoms with Gasteiger partial charge in [-0.15, -0.1) is 0 Å². The summed E-state index contributed by atoms with van der Waals surface area (Å²) in [6, 6.07) is 14.6. The summed E-state index contributed by atoms with van der Waals surface area (Å²) >= 11 is 3.29. The Morgan fingerprint density at radius 3 is 2.29 bits per heavy atom. The third kappa shape index (κ3) is 5.12. The highest BCUT2D eigenvalue weighted by Gasteiger charge is 2.30. The van der Waals surface area contributed by atoms with Crippen molar-refractivity contribution in [2.24, 2.45) is 7.05 Å². The molecule has 9 nitrogen and oxygen atoms in total. The Hall–Kier alpha value is -3.66. The molecule has 2 aromatic carbocycles. The van der Waals surface area contributed by atoms with E-state index in [9.17, 15) is 19.5 Å². The molecule has 2 amide bonds. The van der Waals surface area contributed by atoms with E-state index in [2.05, 4.69) is 31.7 Å². The summed E-state index contributed by atoms with van der Waals surface area (Å²) in [5, 5.41) is 18.4. The van der Waals surface area contributed by atoms with E-state index in [0.717, 1.165) is 22.3 Å². The lowest BCUT2D eigenvalue weighted by Crippen LogP contribution is -2.48. The van der Waals surface area contributed by atoms with Crippen LogP contribution in [0.5, 0.6) is 0 Å². The molecule has 1 aliphatic rings. The number of aryl methyl sites for hydroxylation is 1. The maximum absolute atomic E-state index is 12.6. The molecule has 3 N–H and O–H groups in total. The van der Waals surface area contributed by atoms with Crippen molar-refractivity contribution in [1.29, 1.82) is 0 Å². The molecule has 0 saturated carbocycles. The number of amides is 2. The number of carbonyl (C=O) groups is 3. The van der Waals surface area contributed by atoms with Gasteiger partial charge in [0.05, 0.1) is 6.42 Å². The maximum Gasteiger partial charge on any atom is 0.407 e. The average molecular weight is 527 g/mol. The van der Waals surface area contributed by atoms with Crippen molar-refractivity contribution in [3.8, 4) is 11.1 Å². The monoisotopic (exact) mass is 526 g/mol. The lowest BCUT2D eigenvalue weighted by atomic mass is 9.98. The topological polar surface area (TPSA) is 123 Å². The number of rotatable bonds is 8. The first-order valence-corrected chi connectivity index (χ1v) is 11.4. The smallest absolute Gasteiger partial charge is 0.407 e. The molecule has 176 valence electrons. The minimum Gasteiger partial charge on any atom is -0.481 e. The molecule has 1 aliphatic carbocycles. The number of aromatic nitrogens is 2. The number of carbonyl (C=O) groups excluding carboxylic acids is 2. The van der Waals surface area contributed by atoms with Gasteiger partial charge in [0.1, 0.15) is 17.3 Å². The van der Waals surface area contributed by atoms with E-state index in [4.69, 9.17) is 4.74 Å². The standard InChI is InChI=1S/C24H23BrN4O5/c1-29-12-14(22(25)28-29)11-26-23(32)20(10-21(30)31)27-24(33)34-13-19-17-8-4-2-6-15(17)16-7-3-5-9-18(16)19/h2-9,12,19-20H,10-11,13H2,1H3,(H,26,32)(H,27,33)(H,30,31). The van der Waals surface area contributed by atoms with Crippen molar-refractivity contribution < 1.29 is 24.2 Å². The van der Waals surface area contributed by atoms with E-state index >= 15 is 0 Å². The van der Waals surface area contributed by atoms with Crippen molar-refractivity contribution in [3.63, 3.8) is 0 Å². The van der Waals surface area contributed by atoms with Crippen LogP contribution in [0.15, 0.2) is 59.3 Å². The summed E-state index contributed by atoms with van der Waals surface area (Å²) in [6.45, 7) is 0.180. The molecule has 0 fully saturated rings. The number of fused-ring (bicyclic) bond motifs is 3. The van der Waals surface area contributed by atoms with Crippen LogP contribution in [0.4, 0.5) is 4.79 Å². The summed E-state index contributed by atoms with van der Waals surface area (Å²) in [7, 11) is 1.74. The van der Waals surface area contributed by atoms with Crippen molar-refractivity contribution in [3.05, 3.63) is 76.0 Å². The highest BCUT2D eigenvalue weighted by Crippen LogP contribution is 2.44. The van der Waals surface area contributed by atoms with E-state index in [1.54, 1.807) is 17.9 Å². The lowest BCUT2D eigenvalue weighted by molar-refractivity contribution is -0.139. The number of hydrogen-bond donors (Lipinski definition) is 3. The molecule has 1 unspecified atom stereocenters. The van der Waals surface area contributed by atoms with Crippen molar-refractivity contribution >= 4 is 33.9 Å². The first kappa shape index (κ1) is 23.5. The van der Waals surface area contributed by atoms with Crippen LogP contribution in [0.1, 0.15) is 29.0 Å². The van der Waals surface area contributed by atoms with Gasteiger partial charge in [0, 0.05) is 31.3 Å². The third-order valence-corrected chi connectivity index (χ3v) is 6.31. The number of alkyl carbamates (subject to hydrolysis) is 1. The maximum atomic E-state index is 12.6. The van der Waals surface area contributed by atoms with Gasteiger partial charge in [-0.25, -0.2) is 4.79 Å². The zero-order chi connectivity index (χ0) is 24.2. The zero-order valence-corrected chi connectivity index (χ0v) is 19.9. The van der Waals surface area contributed by atoms with Gasteiger partial charge in [-0.3, -0.25) is 14.3 Å². The second kappa shape index (κ2) is 10.1. The van der Waals surface area contributed by atoms with E-state index in [-0.39, 0.29) is 19.1 Å². The summed E-state index contributed by atoms with van der Waals surface area (Å²) in [5.41, 5.74) is 5.01. The van der Waals surface area contributed by atoms with E-state index in [1.807, 2.05) is 48.5 Å². The summed E-state index contributed by atoms with van der Waals surface area (Å²) in [4.78, 5) is 36.4. The van der Waals surface area contributed by atoms with Crippen LogP contribution in [-0.4, -0.2) is 45.5 Å². The van der Waals surface area contributed by atoms with Gasteiger partial charge < -0.3 is 20.5 Å². The van der Waals surface area contributed by atoms with Gasteiger partial charge in [0.2, 0.25) is 5.91 Å². The summed E-state index contributed by atoms with van der Waals surface area (Å²) in [5.74, 6) is -2.00. The molecule has 0 radical (unpaired) electrons. The van der Waals surface area contributed by atoms with Crippen LogP contribution < -0.4 is 10.6 Å². The van der Waals surface area contributed by atoms with Gasteiger partial charge >= 0.3 is 12.1 Å². The SMILES string of the molecule is Cn1cc(CNC(=O)C(CC(=O)O)NC(=O)OCC2c3ccccc3-c3ccccc32)c(Br)n1. The van der Waals surface area contributed by atoms with Gasteiger partial charge in [0.25, 0.3) is 0 Å². The van der Waals surface area contributed by atoms with Gasteiger partial charge in [-0.05, 0) is 38.2 Å². The number of nitrogens with zero attached hydrogens (tertiary/aromatic N) is 2. The van der Waals surface area contributed by atoms with Crippen LogP contribution >= 0.6 is 15.9 Å². The first-order valence-electron chi connectivity index (χ1n) is 10.6. The van der Waals surface area contributed by atoms with Crippen molar-refractivity contribution in [2.45, 2.75) is 24.9 Å². The number of aliphatic carboxylic acids is 1. The number of halogens is 1. The average Bonchev–Trinajstić information content (AvgIpc) is 3.31. The Morgan fingerprint density at radius 1 is 1.12 bits per heavy atom. The van der Waals surface area contributed by atoms with Gasteiger partial charge in [-0.1, -0.05) is 48.5 Å². The molecule has 1 aromatic heterocycles. The molecule has 0 spiro atoms. The molecule has 1 heterocycles. The van der Waals surface area contributed by atoms with Crippen molar-refractivity contribution in [2.75, 3.05) is 6.61 Å². The van der Waals surface area contributed by atoms with E-state index < -0.39 is 30.4 Å². The fourth-order valence-electron chi connectivity index (χ4n) is 4.10. The van der Waals surface area contributed by atoms with Gasteiger partial charge in [0.15, 0.2) is 0 Å². The summed E-state index contributed by atoms with van der Waals surface area (Å²) in [6.07, 6.45) is 0.283. The van der Waals surface area contributed by atoms with Crippen LogP contribution in [0, 0.1) is 0 Å². The fourth-order valence-corrected chi connectivity index (χ4v) is 4.59. The number of carboxylic acids is 1. The number of benzene rings is 2. The van der Waals surface area contributed by atoms with Crippen LogP contribution in [0.25, 0.3) is 11.1 Å². The Morgan fingerprint density at radius 2 is 1.74 bits per heavy atom. The summed E-state index contributed by atoms with van der Waals surface area (Å²) < 4.78 is 7.59. The molecular formula is C24H23BrN4O5. The Bertz CT molecular complexity index is 1200. The fraction of sp³-hybridized carbons (Fsp3) is 0.250. The first-order chi connectivity index (χ1) is 16.3. The highest BCUT2D eigenvalue weighted by molar-refractivity contribution is 9.10. The third-order valence-electron chi connectivity index (χ3n) is 5.64.